The van der Waals surface area contributed by atoms with Crippen LogP contribution in [0.4, 0.5) is 32.0 Å². The molecule has 0 saturated carbocycles. The van der Waals surface area contributed by atoms with Gasteiger partial charge >= 0.3 is 12.4 Å². The Labute approximate surface area is 96.7 Å². The molecule has 0 atom stereocenters. The average Bonchev–Trinajstić information content (AvgIpc) is 2.15. The summed E-state index contributed by atoms with van der Waals surface area (Å²) in [7, 11) is 0. The lowest BCUT2D eigenvalue weighted by Gasteiger charge is -2.07. The third-order valence-electron chi connectivity index (χ3n) is 1.63. The van der Waals surface area contributed by atoms with Crippen molar-refractivity contribution in [2.75, 3.05) is 0 Å². The smallest absolute Gasteiger partial charge is 0.232 e. The summed E-state index contributed by atoms with van der Waals surface area (Å²) < 4.78 is 72.7. The van der Waals surface area contributed by atoms with Crippen molar-refractivity contribution in [2.45, 2.75) is 12.4 Å². The Morgan fingerprint density at radius 1 is 1.06 bits per heavy atom. The van der Waals surface area contributed by atoms with Gasteiger partial charge in [-0.25, -0.2) is 4.99 Å². The number of hydrogen-bond donors (Lipinski definition) is 0. The zero-order valence-electron chi connectivity index (χ0n) is 7.90. The van der Waals surface area contributed by atoms with E-state index in [0.29, 0.717) is 6.07 Å². The van der Waals surface area contributed by atoms with E-state index in [-0.39, 0.29) is 0 Å². The first-order chi connectivity index (χ1) is 7.60. The Hall–Kier alpha value is -1.24. The van der Waals surface area contributed by atoms with Crippen molar-refractivity contribution in [3.63, 3.8) is 0 Å². The molecule has 0 aliphatic heterocycles. The highest BCUT2D eigenvalue weighted by Crippen LogP contribution is 2.32. The number of alkyl halides is 6. The van der Waals surface area contributed by atoms with Gasteiger partial charge in [-0.2, -0.15) is 26.3 Å². The van der Waals surface area contributed by atoms with Gasteiger partial charge in [0.25, 0.3) is 0 Å². The van der Waals surface area contributed by atoms with Crippen LogP contribution in [0.2, 0.25) is 0 Å². The molecule has 1 aromatic rings. The Kier molecular flexibility index (Phi) is 3.71. The lowest BCUT2D eigenvalue weighted by atomic mass is 10.2. The van der Waals surface area contributed by atoms with Crippen molar-refractivity contribution in [2.24, 2.45) is 4.99 Å². The van der Waals surface area contributed by atoms with Crippen LogP contribution in [-0.2, 0) is 6.18 Å². The standard InChI is InChI=1S/C9H4ClF6N/c10-7(9(14,15)16)17-6-3-1-2-5(4-6)8(11,12)13/h1-4H/b17-7-. The first kappa shape index (κ1) is 13.8. The minimum absolute atomic E-state index is 0.480. The SMILES string of the molecule is FC(F)(F)/C(Cl)=N/c1cccc(C(F)(F)F)c1. The summed E-state index contributed by atoms with van der Waals surface area (Å²) in [5, 5.41) is -1.73. The van der Waals surface area contributed by atoms with Crippen LogP contribution in [0.15, 0.2) is 29.3 Å². The first-order valence-corrected chi connectivity index (χ1v) is 4.47. The maximum Gasteiger partial charge on any atom is 0.444 e. The molecule has 0 spiro atoms. The van der Waals surface area contributed by atoms with Crippen LogP contribution in [0.1, 0.15) is 5.56 Å². The Bertz CT molecular complexity index is 434. The van der Waals surface area contributed by atoms with Gasteiger partial charge in [0.15, 0.2) is 0 Å². The fourth-order valence-electron chi connectivity index (χ4n) is 0.929. The summed E-state index contributed by atoms with van der Waals surface area (Å²) in [6, 6.07) is 3.14. The van der Waals surface area contributed by atoms with Crippen molar-refractivity contribution in [3.05, 3.63) is 29.8 Å². The highest BCUT2D eigenvalue weighted by Gasteiger charge is 2.35. The topological polar surface area (TPSA) is 12.4 Å². The molecule has 0 radical (unpaired) electrons. The van der Waals surface area contributed by atoms with Crippen molar-refractivity contribution < 1.29 is 26.3 Å². The van der Waals surface area contributed by atoms with Crippen LogP contribution < -0.4 is 0 Å². The van der Waals surface area contributed by atoms with Gasteiger partial charge < -0.3 is 0 Å². The lowest BCUT2D eigenvalue weighted by molar-refractivity contribution is -0.137. The molecule has 0 heterocycles. The number of hydrogen-bond acceptors (Lipinski definition) is 1. The van der Waals surface area contributed by atoms with E-state index in [1.807, 2.05) is 0 Å². The average molecular weight is 276 g/mol. The highest BCUT2D eigenvalue weighted by molar-refractivity contribution is 6.67. The predicted molar refractivity (Wildman–Crippen MR) is 50.4 cm³/mol. The number of halogens is 7. The molecule has 8 heteroatoms. The van der Waals surface area contributed by atoms with Crippen molar-refractivity contribution >= 4 is 22.5 Å². The van der Waals surface area contributed by atoms with Gasteiger partial charge in [0.2, 0.25) is 5.17 Å². The molecule has 1 nitrogen and oxygen atoms in total. The molecule has 17 heavy (non-hydrogen) atoms. The zero-order valence-corrected chi connectivity index (χ0v) is 8.66. The van der Waals surface area contributed by atoms with Gasteiger partial charge in [-0.1, -0.05) is 17.7 Å². The molecule has 0 unspecified atom stereocenters. The van der Waals surface area contributed by atoms with E-state index in [0.717, 1.165) is 18.2 Å². The summed E-state index contributed by atoms with van der Waals surface area (Å²) in [6.45, 7) is 0. The summed E-state index contributed by atoms with van der Waals surface area (Å²) in [4.78, 5) is 2.86. The van der Waals surface area contributed by atoms with E-state index in [1.165, 1.54) is 0 Å². The van der Waals surface area contributed by atoms with Gasteiger partial charge in [-0.05, 0) is 18.2 Å². The first-order valence-electron chi connectivity index (χ1n) is 4.09. The van der Waals surface area contributed by atoms with Gasteiger partial charge in [0.05, 0.1) is 11.3 Å². The van der Waals surface area contributed by atoms with E-state index in [2.05, 4.69) is 4.99 Å². The molecule has 0 saturated heterocycles. The monoisotopic (exact) mass is 275 g/mol. The fraction of sp³-hybridized carbons (Fsp3) is 0.222. The van der Waals surface area contributed by atoms with E-state index in [4.69, 9.17) is 11.6 Å². The quantitative estimate of drug-likeness (QED) is 0.527. The molecule has 0 aromatic heterocycles. The van der Waals surface area contributed by atoms with Crippen LogP contribution in [0, 0.1) is 0 Å². The molecule has 0 aliphatic rings. The van der Waals surface area contributed by atoms with Crippen LogP contribution >= 0.6 is 11.6 Å². The molecular weight excluding hydrogens is 272 g/mol. The fourth-order valence-corrected chi connectivity index (χ4v) is 1.03. The Morgan fingerprint density at radius 2 is 1.65 bits per heavy atom. The van der Waals surface area contributed by atoms with Crippen LogP contribution in [-0.4, -0.2) is 11.3 Å². The van der Waals surface area contributed by atoms with Crippen molar-refractivity contribution in [3.8, 4) is 0 Å². The third kappa shape index (κ3) is 3.92. The minimum Gasteiger partial charge on any atom is -0.232 e. The van der Waals surface area contributed by atoms with Crippen LogP contribution in [0.3, 0.4) is 0 Å². The summed E-state index contributed by atoms with van der Waals surface area (Å²) in [6.07, 6.45) is -9.52. The lowest BCUT2D eigenvalue weighted by Crippen LogP contribution is -2.16. The van der Waals surface area contributed by atoms with Gasteiger partial charge in [0.1, 0.15) is 0 Å². The highest BCUT2D eigenvalue weighted by atomic mass is 35.5. The van der Waals surface area contributed by atoms with Crippen molar-refractivity contribution in [1.29, 1.82) is 0 Å². The second kappa shape index (κ2) is 4.56. The van der Waals surface area contributed by atoms with Crippen LogP contribution in [0.25, 0.3) is 0 Å². The molecule has 0 bridgehead atoms. The maximum atomic E-state index is 12.2. The number of nitrogens with zero attached hydrogens (tertiary/aromatic N) is 1. The largest absolute Gasteiger partial charge is 0.444 e. The van der Waals surface area contributed by atoms with E-state index >= 15 is 0 Å². The predicted octanol–water partition coefficient (Wildman–Crippen LogP) is 4.54. The Balaban J connectivity index is 3.10. The van der Waals surface area contributed by atoms with E-state index in [9.17, 15) is 26.3 Å². The Morgan fingerprint density at radius 3 is 2.12 bits per heavy atom. The molecule has 1 aromatic carbocycles. The van der Waals surface area contributed by atoms with Crippen LogP contribution in [0.5, 0.6) is 0 Å². The summed E-state index contributed by atoms with van der Waals surface area (Å²) in [5.74, 6) is 0. The summed E-state index contributed by atoms with van der Waals surface area (Å²) >= 11 is 4.80. The number of rotatable bonds is 1. The molecule has 1 rings (SSSR count). The molecule has 0 fully saturated rings. The van der Waals surface area contributed by atoms with Gasteiger partial charge in [-0.3, -0.25) is 0 Å². The molecule has 0 N–H and O–H groups in total. The number of aliphatic imine (C=N–C) groups is 1. The maximum absolute atomic E-state index is 12.2. The molecule has 94 valence electrons. The number of benzene rings is 1. The minimum atomic E-state index is -4.88. The van der Waals surface area contributed by atoms with Crippen molar-refractivity contribution in [1.82, 2.24) is 0 Å². The van der Waals surface area contributed by atoms with Gasteiger partial charge in [-0.15, -0.1) is 0 Å². The third-order valence-corrected chi connectivity index (χ3v) is 1.93. The second-order valence-corrected chi connectivity index (χ2v) is 3.31. The van der Waals surface area contributed by atoms with Gasteiger partial charge in [0, 0.05) is 0 Å². The molecule has 0 amide bonds. The van der Waals surface area contributed by atoms with E-state index in [1.54, 1.807) is 0 Å². The second-order valence-electron chi connectivity index (χ2n) is 2.95. The normalized spacial score (nSPS) is 13.9. The molecular formula is C9H4ClF6N. The van der Waals surface area contributed by atoms with E-state index < -0.39 is 28.8 Å². The zero-order chi connectivity index (χ0) is 13.3. The molecule has 0 aliphatic carbocycles. The summed E-state index contributed by atoms with van der Waals surface area (Å²) in [5.41, 5.74) is -1.60.